The number of carbonyl (C=O) groups is 1. The van der Waals surface area contributed by atoms with Gasteiger partial charge in [0.05, 0.1) is 10.6 Å². The van der Waals surface area contributed by atoms with Crippen LogP contribution in [0, 0.1) is 0 Å². The first-order chi connectivity index (χ1) is 16.3. The van der Waals surface area contributed by atoms with Gasteiger partial charge in [0.2, 0.25) is 0 Å². The average molecular weight is 498 g/mol. The lowest BCUT2D eigenvalue weighted by Crippen LogP contribution is -2.29. The van der Waals surface area contributed by atoms with Gasteiger partial charge in [0.15, 0.2) is 0 Å². The Balaban J connectivity index is 1.36. The van der Waals surface area contributed by atoms with E-state index in [4.69, 9.17) is 11.6 Å². The number of anilines is 2. The van der Waals surface area contributed by atoms with Crippen LogP contribution in [0.4, 0.5) is 11.4 Å². The van der Waals surface area contributed by atoms with Gasteiger partial charge in [-0.1, -0.05) is 23.7 Å². The van der Waals surface area contributed by atoms with Crippen LogP contribution in [0.2, 0.25) is 5.02 Å². The Labute approximate surface area is 206 Å². The number of nitrogens with one attached hydrogen (secondary N) is 1. The minimum atomic E-state index is -3.73. The van der Waals surface area contributed by atoms with E-state index < -0.39 is 10.0 Å². The van der Waals surface area contributed by atoms with E-state index in [1.807, 2.05) is 12.1 Å². The molecule has 1 aliphatic heterocycles. The summed E-state index contributed by atoms with van der Waals surface area (Å²) in [7, 11) is -2.25. The molecule has 1 fully saturated rings. The minimum Gasteiger partial charge on any atom is -0.372 e. The van der Waals surface area contributed by atoms with Crippen LogP contribution in [0.15, 0.2) is 77.7 Å². The smallest absolute Gasteiger partial charge is 0.264 e. The van der Waals surface area contributed by atoms with Gasteiger partial charge in [0.1, 0.15) is 0 Å². The van der Waals surface area contributed by atoms with E-state index in [0.29, 0.717) is 22.8 Å². The Hall–Kier alpha value is -3.03. The van der Waals surface area contributed by atoms with Crippen molar-refractivity contribution >= 4 is 38.9 Å². The summed E-state index contributed by atoms with van der Waals surface area (Å²) in [4.78, 5) is 15.1. The molecule has 0 unspecified atom stereocenters. The third-order valence-electron chi connectivity index (χ3n) is 6.08. The molecule has 1 heterocycles. The summed E-state index contributed by atoms with van der Waals surface area (Å²) in [6, 6.07) is 20.8. The summed E-state index contributed by atoms with van der Waals surface area (Å²) in [5.41, 5.74) is 3.17. The standard InChI is InChI=1S/C26H28ClN3O3S/c1-29(34(32,33)25-15-9-22(27)10-16-25)23-13-7-21(8-14-23)26(31)28-19-20-5-11-24(12-6-20)30-17-3-2-4-18-30/h5-16H,2-4,17-19H2,1H3,(H,28,31). The van der Waals surface area contributed by atoms with Gasteiger partial charge in [-0.15, -0.1) is 0 Å². The van der Waals surface area contributed by atoms with Crippen LogP contribution < -0.4 is 14.5 Å². The van der Waals surface area contributed by atoms with Crippen LogP contribution in [0.5, 0.6) is 0 Å². The molecule has 1 aliphatic rings. The van der Waals surface area contributed by atoms with Crippen molar-refractivity contribution < 1.29 is 13.2 Å². The molecular formula is C26H28ClN3O3S. The molecule has 4 rings (SSSR count). The zero-order valence-electron chi connectivity index (χ0n) is 19.1. The summed E-state index contributed by atoms with van der Waals surface area (Å²) < 4.78 is 26.9. The van der Waals surface area contributed by atoms with Crippen LogP contribution in [-0.4, -0.2) is 34.5 Å². The first kappa shape index (κ1) is 24.1. The molecule has 0 spiro atoms. The molecule has 1 N–H and O–H groups in total. The lowest BCUT2D eigenvalue weighted by Gasteiger charge is -2.28. The topological polar surface area (TPSA) is 69.7 Å². The number of nitrogens with zero attached hydrogens (tertiary/aromatic N) is 2. The number of rotatable bonds is 7. The van der Waals surface area contributed by atoms with Crippen LogP contribution in [0.3, 0.4) is 0 Å². The molecule has 34 heavy (non-hydrogen) atoms. The second-order valence-corrected chi connectivity index (χ2v) is 10.8. The minimum absolute atomic E-state index is 0.146. The summed E-state index contributed by atoms with van der Waals surface area (Å²) in [6.45, 7) is 2.62. The Bertz CT molecular complexity index is 1220. The van der Waals surface area contributed by atoms with Crippen molar-refractivity contribution in [3.63, 3.8) is 0 Å². The van der Waals surface area contributed by atoms with E-state index in [1.54, 1.807) is 24.3 Å². The first-order valence-corrected chi connectivity index (χ1v) is 13.1. The Morgan fingerprint density at radius 2 is 1.53 bits per heavy atom. The van der Waals surface area contributed by atoms with Crippen molar-refractivity contribution in [1.82, 2.24) is 5.32 Å². The van der Waals surface area contributed by atoms with Crippen molar-refractivity contribution in [2.75, 3.05) is 29.3 Å². The molecule has 8 heteroatoms. The summed E-state index contributed by atoms with van der Waals surface area (Å²) >= 11 is 5.86. The molecule has 1 amide bonds. The Morgan fingerprint density at radius 1 is 0.912 bits per heavy atom. The maximum Gasteiger partial charge on any atom is 0.264 e. The highest BCUT2D eigenvalue weighted by atomic mass is 35.5. The molecule has 0 saturated carbocycles. The van der Waals surface area contributed by atoms with Crippen molar-refractivity contribution in [3.8, 4) is 0 Å². The van der Waals surface area contributed by atoms with Gasteiger partial charge in [-0.3, -0.25) is 9.10 Å². The van der Waals surface area contributed by atoms with E-state index in [-0.39, 0.29) is 10.8 Å². The summed E-state index contributed by atoms with van der Waals surface area (Å²) in [5.74, 6) is -0.213. The van der Waals surface area contributed by atoms with Crippen molar-refractivity contribution in [2.45, 2.75) is 30.7 Å². The van der Waals surface area contributed by atoms with Gasteiger partial charge in [0.25, 0.3) is 15.9 Å². The SMILES string of the molecule is CN(c1ccc(C(=O)NCc2ccc(N3CCCCC3)cc2)cc1)S(=O)(=O)c1ccc(Cl)cc1. The Morgan fingerprint density at radius 3 is 2.15 bits per heavy atom. The lowest BCUT2D eigenvalue weighted by atomic mass is 10.1. The average Bonchev–Trinajstić information content (AvgIpc) is 2.88. The fourth-order valence-electron chi connectivity index (χ4n) is 3.99. The second kappa shape index (κ2) is 10.5. The maximum atomic E-state index is 12.8. The number of benzene rings is 3. The van der Waals surface area contributed by atoms with Crippen LogP contribution in [0.1, 0.15) is 35.2 Å². The predicted octanol–water partition coefficient (Wildman–Crippen LogP) is 5.09. The van der Waals surface area contributed by atoms with Crippen molar-refractivity contribution in [1.29, 1.82) is 0 Å². The molecule has 0 atom stereocenters. The number of hydrogen-bond acceptors (Lipinski definition) is 4. The first-order valence-electron chi connectivity index (χ1n) is 11.3. The largest absolute Gasteiger partial charge is 0.372 e. The molecule has 0 bridgehead atoms. The summed E-state index contributed by atoms with van der Waals surface area (Å²) in [6.07, 6.45) is 3.77. The number of sulfonamides is 1. The van der Waals surface area contributed by atoms with E-state index in [1.165, 1.54) is 60.6 Å². The van der Waals surface area contributed by atoms with Crippen LogP contribution in [0.25, 0.3) is 0 Å². The quantitative estimate of drug-likeness (QED) is 0.494. The van der Waals surface area contributed by atoms with Gasteiger partial charge in [-0.25, -0.2) is 8.42 Å². The molecule has 0 aliphatic carbocycles. The van der Waals surface area contributed by atoms with E-state index in [0.717, 1.165) is 18.7 Å². The maximum absolute atomic E-state index is 12.8. The van der Waals surface area contributed by atoms with E-state index >= 15 is 0 Å². The predicted molar refractivity (Wildman–Crippen MR) is 137 cm³/mol. The van der Waals surface area contributed by atoms with Gasteiger partial charge >= 0.3 is 0 Å². The number of amides is 1. The van der Waals surface area contributed by atoms with E-state index in [2.05, 4.69) is 22.3 Å². The third-order valence-corrected chi connectivity index (χ3v) is 8.13. The number of piperidine rings is 1. The van der Waals surface area contributed by atoms with Gasteiger partial charge in [-0.05, 0) is 85.5 Å². The zero-order chi connectivity index (χ0) is 24.1. The molecule has 6 nitrogen and oxygen atoms in total. The normalized spacial score (nSPS) is 14.0. The van der Waals surface area contributed by atoms with Crippen LogP contribution in [-0.2, 0) is 16.6 Å². The molecule has 1 saturated heterocycles. The third kappa shape index (κ3) is 5.54. The molecule has 0 radical (unpaired) electrons. The monoisotopic (exact) mass is 497 g/mol. The number of halogens is 1. The van der Waals surface area contributed by atoms with Crippen molar-refractivity contribution in [2.24, 2.45) is 0 Å². The van der Waals surface area contributed by atoms with E-state index in [9.17, 15) is 13.2 Å². The van der Waals surface area contributed by atoms with Crippen LogP contribution >= 0.6 is 11.6 Å². The molecular weight excluding hydrogens is 470 g/mol. The second-order valence-electron chi connectivity index (χ2n) is 8.37. The van der Waals surface area contributed by atoms with Gasteiger partial charge in [-0.2, -0.15) is 0 Å². The lowest BCUT2D eigenvalue weighted by molar-refractivity contribution is 0.0951. The summed E-state index contributed by atoms with van der Waals surface area (Å²) in [5, 5.41) is 3.39. The Kier molecular flexibility index (Phi) is 7.44. The number of carbonyl (C=O) groups excluding carboxylic acids is 1. The number of hydrogen-bond donors (Lipinski definition) is 1. The fraction of sp³-hybridized carbons (Fsp3) is 0.269. The van der Waals surface area contributed by atoms with Gasteiger partial charge < -0.3 is 10.2 Å². The molecule has 0 aromatic heterocycles. The highest BCUT2D eigenvalue weighted by Gasteiger charge is 2.21. The fourth-order valence-corrected chi connectivity index (χ4v) is 5.31. The molecule has 178 valence electrons. The van der Waals surface area contributed by atoms with Crippen molar-refractivity contribution in [3.05, 3.63) is 88.9 Å². The zero-order valence-corrected chi connectivity index (χ0v) is 20.6. The molecule has 3 aromatic rings. The van der Waals surface area contributed by atoms with Gasteiger partial charge in [0, 0.05) is 43.0 Å². The highest BCUT2D eigenvalue weighted by Crippen LogP contribution is 2.24. The highest BCUT2D eigenvalue weighted by molar-refractivity contribution is 7.92. The molecule has 3 aromatic carbocycles.